The standard InChI is InChI=1S/C10H12BrNO.ClH/c1-6-4-7-9(12)2-3-13-10(7)8(11)5-6;/h4-5,9H,2-3,12H2,1H3;1H/t9-;/m0./s1. The first-order valence-electron chi connectivity index (χ1n) is 4.37. The quantitative estimate of drug-likeness (QED) is 0.792. The average Bonchev–Trinajstić information content (AvgIpc) is 2.07. The van der Waals surface area contributed by atoms with Gasteiger partial charge in [0.15, 0.2) is 0 Å². The summed E-state index contributed by atoms with van der Waals surface area (Å²) in [4.78, 5) is 0. The van der Waals surface area contributed by atoms with Crippen molar-refractivity contribution in [3.63, 3.8) is 0 Å². The van der Waals surface area contributed by atoms with Crippen molar-refractivity contribution in [2.24, 2.45) is 5.73 Å². The first kappa shape index (κ1) is 11.8. The Bertz CT molecular complexity index is 343. The molecule has 0 unspecified atom stereocenters. The molecule has 4 heteroatoms. The van der Waals surface area contributed by atoms with Crippen molar-refractivity contribution < 1.29 is 4.74 Å². The molecule has 78 valence electrons. The van der Waals surface area contributed by atoms with Gasteiger partial charge in [0.1, 0.15) is 5.75 Å². The van der Waals surface area contributed by atoms with Crippen LogP contribution in [0.25, 0.3) is 0 Å². The lowest BCUT2D eigenvalue weighted by atomic mass is 10.00. The molecular formula is C10H13BrClNO. The van der Waals surface area contributed by atoms with E-state index in [1.165, 1.54) is 5.56 Å². The van der Waals surface area contributed by atoms with Crippen LogP contribution in [0, 0.1) is 6.92 Å². The van der Waals surface area contributed by atoms with Crippen LogP contribution >= 0.6 is 28.3 Å². The van der Waals surface area contributed by atoms with Crippen LogP contribution in [0.2, 0.25) is 0 Å². The lowest BCUT2D eigenvalue weighted by molar-refractivity contribution is 0.267. The van der Waals surface area contributed by atoms with Crippen LogP contribution in [-0.2, 0) is 0 Å². The molecule has 1 aromatic carbocycles. The summed E-state index contributed by atoms with van der Waals surface area (Å²) in [6, 6.07) is 4.28. The van der Waals surface area contributed by atoms with Gasteiger partial charge in [-0.1, -0.05) is 6.07 Å². The molecule has 2 N–H and O–H groups in total. The van der Waals surface area contributed by atoms with Gasteiger partial charge in [0.25, 0.3) is 0 Å². The fraction of sp³-hybridized carbons (Fsp3) is 0.400. The molecule has 2 nitrogen and oxygen atoms in total. The minimum absolute atomic E-state index is 0. The molecule has 0 saturated heterocycles. The van der Waals surface area contributed by atoms with Gasteiger partial charge in [-0.15, -0.1) is 12.4 Å². The van der Waals surface area contributed by atoms with Crippen LogP contribution in [0.15, 0.2) is 16.6 Å². The van der Waals surface area contributed by atoms with Crippen molar-refractivity contribution in [2.45, 2.75) is 19.4 Å². The largest absolute Gasteiger partial charge is 0.492 e. The molecule has 1 aliphatic heterocycles. The first-order valence-corrected chi connectivity index (χ1v) is 5.16. The van der Waals surface area contributed by atoms with Crippen LogP contribution in [0.4, 0.5) is 0 Å². The normalized spacial score (nSPS) is 19.2. The molecule has 1 aromatic rings. The minimum atomic E-state index is 0. The van der Waals surface area contributed by atoms with Gasteiger partial charge < -0.3 is 10.5 Å². The summed E-state index contributed by atoms with van der Waals surface area (Å²) < 4.78 is 6.56. The number of aryl methyl sites for hydroxylation is 1. The molecule has 0 radical (unpaired) electrons. The molecule has 0 saturated carbocycles. The zero-order valence-corrected chi connectivity index (χ0v) is 10.3. The highest BCUT2D eigenvalue weighted by Crippen LogP contribution is 2.37. The number of ether oxygens (including phenoxy) is 1. The molecule has 0 fully saturated rings. The molecule has 0 spiro atoms. The Hall–Kier alpha value is -0.250. The van der Waals surface area contributed by atoms with Gasteiger partial charge in [-0.2, -0.15) is 0 Å². The third-order valence-electron chi connectivity index (χ3n) is 2.29. The van der Waals surface area contributed by atoms with Gasteiger partial charge in [-0.25, -0.2) is 0 Å². The number of benzene rings is 1. The van der Waals surface area contributed by atoms with E-state index < -0.39 is 0 Å². The van der Waals surface area contributed by atoms with E-state index in [0.29, 0.717) is 0 Å². The summed E-state index contributed by atoms with van der Waals surface area (Å²) in [5.41, 5.74) is 8.32. The van der Waals surface area contributed by atoms with Crippen LogP contribution < -0.4 is 10.5 Å². The Morgan fingerprint density at radius 3 is 2.93 bits per heavy atom. The van der Waals surface area contributed by atoms with E-state index in [0.717, 1.165) is 28.8 Å². The molecule has 1 atom stereocenters. The highest BCUT2D eigenvalue weighted by Gasteiger charge is 2.20. The van der Waals surface area contributed by atoms with Crippen LogP contribution in [0.1, 0.15) is 23.6 Å². The summed E-state index contributed by atoms with van der Waals surface area (Å²) in [6.45, 7) is 2.78. The highest BCUT2D eigenvalue weighted by molar-refractivity contribution is 9.10. The first-order chi connectivity index (χ1) is 6.18. The number of hydrogen-bond donors (Lipinski definition) is 1. The second-order valence-corrected chi connectivity index (χ2v) is 4.26. The molecule has 14 heavy (non-hydrogen) atoms. The molecule has 2 rings (SSSR count). The molecule has 0 bridgehead atoms. The molecular weight excluding hydrogens is 265 g/mol. The Balaban J connectivity index is 0.000000980. The maximum atomic E-state index is 5.98. The summed E-state index contributed by atoms with van der Waals surface area (Å²) in [7, 11) is 0. The van der Waals surface area contributed by atoms with Gasteiger partial charge >= 0.3 is 0 Å². The van der Waals surface area contributed by atoms with E-state index in [4.69, 9.17) is 10.5 Å². The van der Waals surface area contributed by atoms with Crippen molar-refractivity contribution in [3.05, 3.63) is 27.7 Å². The topological polar surface area (TPSA) is 35.2 Å². The Labute approximate surface area is 98.4 Å². The fourth-order valence-corrected chi connectivity index (χ4v) is 2.33. The van der Waals surface area contributed by atoms with Gasteiger partial charge in [0.2, 0.25) is 0 Å². The van der Waals surface area contributed by atoms with Crippen LogP contribution in [0.5, 0.6) is 5.75 Å². The summed E-state index contributed by atoms with van der Waals surface area (Å²) in [5.74, 6) is 0.921. The lowest BCUT2D eigenvalue weighted by Crippen LogP contribution is -2.20. The number of hydrogen-bond acceptors (Lipinski definition) is 2. The van der Waals surface area contributed by atoms with E-state index in [1.807, 2.05) is 0 Å². The fourth-order valence-electron chi connectivity index (χ4n) is 1.63. The Kier molecular flexibility index (Phi) is 3.81. The van der Waals surface area contributed by atoms with Crippen LogP contribution in [-0.4, -0.2) is 6.61 Å². The maximum Gasteiger partial charge on any atom is 0.138 e. The number of halogens is 2. The van der Waals surface area contributed by atoms with Gasteiger partial charge in [-0.05, 0) is 34.5 Å². The zero-order valence-electron chi connectivity index (χ0n) is 7.92. The molecule has 0 aliphatic carbocycles. The lowest BCUT2D eigenvalue weighted by Gasteiger charge is -2.24. The summed E-state index contributed by atoms with van der Waals surface area (Å²) in [6.07, 6.45) is 0.906. The van der Waals surface area contributed by atoms with E-state index in [-0.39, 0.29) is 18.4 Å². The van der Waals surface area contributed by atoms with Crippen molar-refractivity contribution in [2.75, 3.05) is 6.61 Å². The predicted octanol–water partition coefficient (Wildman–Crippen LogP) is 2.96. The third kappa shape index (κ3) is 2.05. The SMILES string of the molecule is Cc1cc(Br)c2c(c1)[C@@H](N)CCO2.Cl. The van der Waals surface area contributed by atoms with Gasteiger partial charge in [-0.3, -0.25) is 0 Å². The Morgan fingerprint density at radius 1 is 1.50 bits per heavy atom. The van der Waals surface area contributed by atoms with Crippen molar-refractivity contribution >= 4 is 28.3 Å². The number of rotatable bonds is 0. The molecule has 1 aliphatic rings. The monoisotopic (exact) mass is 277 g/mol. The van der Waals surface area contributed by atoms with E-state index in [9.17, 15) is 0 Å². The van der Waals surface area contributed by atoms with E-state index in [2.05, 4.69) is 35.0 Å². The second kappa shape index (κ2) is 4.51. The molecule has 0 amide bonds. The smallest absolute Gasteiger partial charge is 0.138 e. The van der Waals surface area contributed by atoms with Crippen molar-refractivity contribution in [3.8, 4) is 5.75 Å². The number of nitrogens with two attached hydrogens (primary N) is 1. The summed E-state index contributed by atoms with van der Waals surface area (Å²) >= 11 is 3.48. The third-order valence-corrected chi connectivity index (χ3v) is 2.88. The highest BCUT2D eigenvalue weighted by atomic mass is 79.9. The van der Waals surface area contributed by atoms with Crippen molar-refractivity contribution in [1.29, 1.82) is 0 Å². The summed E-state index contributed by atoms with van der Waals surface area (Å²) in [5, 5.41) is 0. The molecule has 0 aromatic heterocycles. The van der Waals surface area contributed by atoms with Gasteiger partial charge in [0, 0.05) is 18.0 Å². The van der Waals surface area contributed by atoms with E-state index in [1.54, 1.807) is 0 Å². The minimum Gasteiger partial charge on any atom is -0.492 e. The molecule has 1 heterocycles. The maximum absolute atomic E-state index is 5.98. The van der Waals surface area contributed by atoms with Gasteiger partial charge in [0.05, 0.1) is 11.1 Å². The average molecular weight is 279 g/mol. The number of fused-ring (bicyclic) bond motifs is 1. The van der Waals surface area contributed by atoms with Crippen LogP contribution in [0.3, 0.4) is 0 Å². The zero-order chi connectivity index (χ0) is 9.42. The van der Waals surface area contributed by atoms with Crippen molar-refractivity contribution in [1.82, 2.24) is 0 Å². The second-order valence-electron chi connectivity index (χ2n) is 3.41. The Morgan fingerprint density at radius 2 is 2.21 bits per heavy atom. The van der Waals surface area contributed by atoms with E-state index >= 15 is 0 Å². The predicted molar refractivity (Wildman–Crippen MR) is 63.2 cm³/mol.